The minimum atomic E-state index is -0.228. The smallest absolute Gasteiger partial charge is 0.00560 e. The van der Waals surface area contributed by atoms with E-state index in [0.717, 1.165) is 0 Å². The van der Waals surface area contributed by atoms with Gasteiger partial charge in [0.05, 0.1) is 0 Å². The van der Waals surface area contributed by atoms with Gasteiger partial charge >= 0.3 is 0 Å². The second-order valence-corrected chi connectivity index (χ2v) is 14.5. The predicted octanol–water partition coefficient (Wildman–Crippen LogP) is 10.4. The van der Waals surface area contributed by atoms with Crippen molar-refractivity contribution in [3.05, 3.63) is 66.2 Å². The Morgan fingerprint density at radius 2 is 0.594 bits per heavy atom. The van der Waals surface area contributed by atoms with Crippen LogP contribution >= 0.6 is 15.1 Å². The van der Waals surface area contributed by atoms with Crippen LogP contribution in [-0.2, 0) is 13.3 Å². The van der Waals surface area contributed by atoms with E-state index in [2.05, 4.69) is 96.4 Å². The van der Waals surface area contributed by atoms with Gasteiger partial charge in [0.15, 0.2) is 0 Å². The third kappa shape index (κ3) is 3.50. The van der Waals surface area contributed by atoms with E-state index in [0.29, 0.717) is 0 Å². The Morgan fingerprint density at radius 3 is 0.844 bits per heavy atom. The number of aryl methyl sites for hydroxylation is 5. The molecule has 2 aromatic heterocycles. The van der Waals surface area contributed by atoms with Crippen molar-refractivity contribution >= 4 is 36.1 Å². The summed E-state index contributed by atoms with van der Waals surface area (Å²) < 4.78 is 0. The van der Waals surface area contributed by atoms with Gasteiger partial charge in [0.2, 0.25) is 0 Å². The van der Waals surface area contributed by atoms with E-state index in [-0.39, 0.29) is 15.1 Å². The summed E-state index contributed by atoms with van der Waals surface area (Å²) in [5.74, 6) is 0. The van der Waals surface area contributed by atoms with Gasteiger partial charge < -0.3 is 0 Å². The van der Waals surface area contributed by atoms with Crippen LogP contribution in [0.15, 0.2) is 0 Å². The van der Waals surface area contributed by atoms with Gasteiger partial charge in [-0.25, -0.2) is 0 Å². The second kappa shape index (κ2) is 8.70. The van der Waals surface area contributed by atoms with Gasteiger partial charge in [-0.1, -0.05) is 0 Å². The third-order valence-electron chi connectivity index (χ3n) is 8.88. The molecule has 0 aliphatic carbocycles. The molecular weight excluding hydrogens is 422 g/mol. The highest BCUT2D eigenvalue weighted by Gasteiger charge is 2.21. The van der Waals surface area contributed by atoms with Gasteiger partial charge in [0.25, 0.3) is 0 Å². The molecule has 0 spiro atoms. The van der Waals surface area contributed by atoms with E-state index in [4.69, 9.17) is 0 Å². The molecule has 0 amide bonds. The Hall–Kier alpha value is -1.48. The number of benzene rings is 2. The van der Waals surface area contributed by atoms with Crippen LogP contribution in [0.1, 0.15) is 66.2 Å². The van der Waals surface area contributed by atoms with Crippen molar-refractivity contribution in [3.8, 4) is 0 Å². The molecule has 0 N–H and O–H groups in total. The summed E-state index contributed by atoms with van der Waals surface area (Å²) in [6.45, 7) is 32.3. The molecule has 0 saturated heterocycles. The Morgan fingerprint density at radius 1 is 0.312 bits per heavy atom. The SMILES string of the molecule is Cc1c(C)c(C)c2c(c1C)c1c(C)c(C)c(C)c(C)c1p2C.Cc1c(C)c(C)p(C)c1C. The first-order chi connectivity index (χ1) is 14.7. The van der Waals surface area contributed by atoms with Crippen molar-refractivity contribution in [1.29, 1.82) is 0 Å². The summed E-state index contributed by atoms with van der Waals surface area (Å²) >= 11 is 0. The molecule has 0 nitrogen and oxygen atoms in total. The largest absolute Gasteiger partial charge is 0.122 e. The number of rotatable bonds is 0. The molecular formula is C30H42P2. The van der Waals surface area contributed by atoms with Gasteiger partial charge in [0, 0.05) is 10.2 Å². The van der Waals surface area contributed by atoms with Gasteiger partial charge in [-0.2, -0.15) is 0 Å². The van der Waals surface area contributed by atoms with E-state index < -0.39 is 0 Å². The predicted molar refractivity (Wildman–Crippen MR) is 152 cm³/mol. The van der Waals surface area contributed by atoms with Gasteiger partial charge in [-0.15, -0.1) is 15.1 Å². The molecule has 172 valence electrons. The van der Waals surface area contributed by atoms with E-state index in [1.54, 1.807) is 31.6 Å². The fraction of sp³-hybridized carbons (Fsp3) is 0.467. The fourth-order valence-electron chi connectivity index (χ4n) is 5.44. The third-order valence-corrected chi connectivity index (χ3v) is 14.0. The van der Waals surface area contributed by atoms with E-state index in [9.17, 15) is 0 Å². The molecule has 4 rings (SSSR count). The quantitative estimate of drug-likeness (QED) is 0.243. The summed E-state index contributed by atoms with van der Waals surface area (Å²) in [5.41, 5.74) is 15.0. The summed E-state index contributed by atoms with van der Waals surface area (Å²) in [4.78, 5) is 0. The summed E-state index contributed by atoms with van der Waals surface area (Å²) in [5, 5.41) is 9.64. The van der Waals surface area contributed by atoms with E-state index >= 15 is 0 Å². The first kappa shape index (κ1) is 25.1. The average Bonchev–Trinajstić information content (AvgIpc) is 3.16. The first-order valence-electron chi connectivity index (χ1n) is 11.8. The van der Waals surface area contributed by atoms with Gasteiger partial charge in [0.1, 0.15) is 0 Å². The van der Waals surface area contributed by atoms with E-state index in [1.165, 1.54) is 55.6 Å². The molecule has 0 saturated carbocycles. The minimum Gasteiger partial charge on any atom is -0.122 e. The zero-order chi connectivity index (χ0) is 24.4. The lowest BCUT2D eigenvalue weighted by Gasteiger charge is -2.14. The lowest BCUT2D eigenvalue weighted by Crippen LogP contribution is -1.94. The van der Waals surface area contributed by atoms with Crippen molar-refractivity contribution < 1.29 is 0 Å². The number of hydrogen-bond donors (Lipinski definition) is 0. The maximum absolute atomic E-state index is 2.46. The fourth-order valence-corrected chi connectivity index (χ4v) is 10.1. The molecule has 2 heterocycles. The minimum absolute atomic E-state index is 0.0931. The molecule has 4 aromatic rings. The maximum atomic E-state index is 2.46. The van der Waals surface area contributed by atoms with Crippen molar-refractivity contribution in [3.63, 3.8) is 0 Å². The van der Waals surface area contributed by atoms with Crippen molar-refractivity contribution in [2.75, 3.05) is 0 Å². The molecule has 0 radical (unpaired) electrons. The standard InChI is InChI=1S/C21H27P.C9H15P/c1-10-12(3)16(7)20-18(14(10)5)19-15(6)11(2)13(4)17(8)21(19)22(20)9;1-6-7(2)9(4)10(5)8(6)3/h1-9H3;1-5H3. The van der Waals surface area contributed by atoms with E-state index in [1.807, 2.05) is 0 Å². The average molecular weight is 465 g/mol. The van der Waals surface area contributed by atoms with Crippen molar-refractivity contribution in [1.82, 2.24) is 0 Å². The molecule has 0 aliphatic rings. The topological polar surface area (TPSA) is 0 Å². The van der Waals surface area contributed by atoms with Crippen LogP contribution in [0.4, 0.5) is 0 Å². The normalized spacial score (nSPS) is 11.4. The second-order valence-electron chi connectivity index (χ2n) is 9.99. The van der Waals surface area contributed by atoms with Crippen LogP contribution in [0, 0.1) is 83.1 Å². The lowest BCUT2D eigenvalue weighted by molar-refractivity contribution is 1.25. The molecule has 0 aliphatic heterocycles. The molecule has 32 heavy (non-hydrogen) atoms. The number of hydrogen-bond acceptors (Lipinski definition) is 0. The molecule has 0 atom stereocenters. The molecule has 2 heteroatoms. The summed E-state index contributed by atoms with van der Waals surface area (Å²) in [6, 6.07) is 0. The molecule has 0 unspecified atom stereocenters. The van der Waals surface area contributed by atoms with Crippen LogP contribution in [0.3, 0.4) is 0 Å². The molecule has 0 fully saturated rings. The van der Waals surface area contributed by atoms with Crippen LogP contribution < -0.4 is 0 Å². The van der Waals surface area contributed by atoms with Crippen LogP contribution in [0.2, 0.25) is 0 Å². The monoisotopic (exact) mass is 464 g/mol. The van der Waals surface area contributed by atoms with Crippen LogP contribution in [0.25, 0.3) is 21.0 Å². The van der Waals surface area contributed by atoms with Gasteiger partial charge in [-0.3, -0.25) is 0 Å². The summed E-state index contributed by atoms with van der Waals surface area (Å²) in [7, 11) is -0.135. The molecule has 0 bridgehead atoms. The Kier molecular flexibility index (Phi) is 6.84. The Balaban J connectivity index is 0.000000243. The zero-order valence-electron chi connectivity index (χ0n) is 22.9. The highest BCUT2D eigenvalue weighted by molar-refractivity contribution is 7.60. The number of fused-ring (bicyclic) bond motifs is 3. The zero-order valence-corrected chi connectivity index (χ0v) is 24.7. The highest BCUT2D eigenvalue weighted by Crippen LogP contribution is 2.53. The highest BCUT2D eigenvalue weighted by atomic mass is 31.1. The molecule has 2 aromatic carbocycles. The van der Waals surface area contributed by atoms with Gasteiger partial charge in [-0.05, 0) is 173 Å². The maximum Gasteiger partial charge on any atom is 0.00560 e. The van der Waals surface area contributed by atoms with Crippen molar-refractivity contribution in [2.45, 2.75) is 83.1 Å². The Bertz CT molecular complexity index is 1230. The first-order valence-corrected chi connectivity index (χ1v) is 15.4. The summed E-state index contributed by atoms with van der Waals surface area (Å²) in [6.07, 6.45) is 0. The Labute approximate surface area is 198 Å². The van der Waals surface area contributed by atoms with Crippen LogP contribution in [0.5, 0.6) is 0 Å². The lowest BCUT2D eigenvalue weighted by atomic mass is 9.90. The van der Waals surface area contributed by atoms with Crippen LogP contribution in [-0.4, -0.2) is 0 Å². The van der Waals surface area contributed by atoms with Crippen molar-refractivity contribution in [2.24, 2.45) is 13.3 Å².